The molecule has 4 aromatic rings. The third-order valence-corrected chi connectivity index (χ3v) is 3.83. The molecule has 0 bridgehead atoms. The molecule has 4 rings (SSSR count). The van der Waals surface area contributed by atoms with Crippen LogP contribution in [0.2, 0.25) is 0 Å². The van der Waals surface area contributed by atoms with Gasteiger partial charge >= 0.3 is 0 Å². The molecule has 0 radical (unpaired) electrons. The first-order valence-electron chi connectivity index (χ1n) is 7.27. The van der Waals surface area contributed by atoms with Gasteiger partial charge in [0.1, 0.15) is 11.6 Å². The van der Waals surface area contributed by atoms with Gasteiger partial charge in [-0.1, -0.05) is 12.1 Å². The van der Waals surface area contributed by atoms with Crippen molar-refractivity contribution in [2.24, 2.45) is 0 Å². The average molecular weight is 307 g/mol. The Bertz CT molecular complexity index is 1040. The van der Waals surface area contributed by atoms with Crippen LogP contribution in [-0.2, 0) is 0 Å². The van der Waals surface area contributed by atoms with E-state index in [4.69, 9.17) is 0 Å². The predicted molar refractivity (Wildman–Crippen MR) is 87.4 cm³/mol. The number of fused-ring (bicyclic) bond motifs is 3. The summed E-state index contributed by atoms with van der Waals surface area (Å²) in [7, 11) is 0. The maximum absolute atomic E-state index is 13.3. The summed E-state index contributed by atoms with van der Waals surface area (Å²) < 4.78 is 15.2. The average Bonchev–Trinajstić information content (AvgIpc) is 2.93. The smallest absolute Gasteiger partial charge is 0.204 e. The lowest BCUT2D eigenvalue weighted by Gasteiger charge is -2.11. The highest BCUT2D eigenvalue weighted by atomic mass is 19.1. The monoisotopic (exact) mass is 307 g/mol. The zero-order valence-corrected chi connectivity index (χ0v) is 12.7. The maximum atomic E-state index is 13.3. The number of nitrogens with one attached hydrogen (secondary N) is 1. The van der Waals surface area contributed by atoms with Crippen LogP contribution >= 0.6 is 0 Å². The fourth-order valence-electron chi connectivity index (χ4n) is 2.70. The first-order chi connectivity index (χ1) is 11.1. The number of anilines is 2. The lowest BCUT2D eigenvalue weighted by Crippen LogP contribution is -2.02. The van der Waals surface area contributed by atoms with Gasteiger partial charge in [-0.25, -0.2) is 9.37 Å². The van der Waals surface area contributed by atoms with Gasteiger partial charge in [-0.3, -0.25) is 4.40 Å². The fourth-order valence-corrected chi connectivity index (χ4v) is 2.70. The summed E-state index contributed by atoms with van der Waals surface area (Å²) in [6.45, 7) is 3.75. The lowest BCUT2D eigenvalue weighted by molar-refractivity contribution is 0.627. The molecule has 1 N–H and O–H groups in total. The van der Waals surface area contributed by atoms with E-state index >= 15 is 0 Å². The van der Waals surface area contributed by atoms with E-state index in [2.05, 4.69) is 20.5 Å². The highest BCUT2D eigenvalue weighted by molar-refractivity contribution is 5.84. The van der Waals surface area contributed by atoms with Crippen LogP contribution in [0.3, 0.4) is 0 Å². The first-order valence-corrected chi connectivity index (χ1v) is 7.27. The molecule has 0 unspecified atom stereocenters. The second-order valence-electron chi connectivity index (χ2n) is 5.44. The van der Waals surface area contributed by atoms with Crippen LogP contribution in [-0.4, -0.2) is 19.6 Å². The zero-order valence-electron chi connectivity index (χ0n) is 12.7. The van der Waals surface area contributed by atoms with Crippen LogP contribution in [0.15, 0.2) is 42.5 Å². The number of hydrogen-bond donors (Lipinski definition) is 1. The molecule has 0 spiro atoms. The normalized spacial score (nSPS) is 11.3. The summed E-state index contributed by atoms with van der Waals surface area (Å²) >= 11 is 0. The van der Waals surface area contributed by atoms with E-state index in [1.807, 2.05) is 42.5 Å². The van der Waals surface area contributed by atoms with E-state index in [-0.39, 0.29) is 5.82 Å². The van der Waals surface area contributed by atoms with Gasteiger partial charge in [0.25, 0.3) is 0 Å². The molecule has 5 nitrogen and oxygen atoms in total. The molecular weight excluding hydrogens is 293 g/mol. The Morgan fingerprint density at radius 3 is 2.70 bits per heavy atom. The molecule has 2 heterocycles. The standard InChI is InChI=1S/C17H14FN5/c1-10-9-12(18)7-8-13(10)19-16-17-22-21-11(2)23(17)15-6-4-3-5-14(15)20-16/h3-9H,1-2H3,(H,19,20). The molecule has 0 aliphatic heterocycles. The number of aryl methyl sites for hydroxylation is 2. The fraction of sp³-hybridized carbons (Fsp3) is 0.118. The quantitative estimate of drug-likeness (QED) is 0.612. The molecule has 0 aliphatic rings. The van der Waals surface area contributed by atoms with Gasteiger partial charge in [0.2, 0.25) is 5.65 Å². The summed E-state index contributed by atoms with van der Waals surface area (Å²) in [6.07, 6.45) is 0. The third kappa shape index (κ3) is 2.19. The molecule has 0 saturated heterocycles. The Kier molecular flexibility index (Phi) is 2.97. The molecule has 0 aliphatic carbocycles. The number of aromatic nitrogens is 4. The second-order valence-corrected chi connectivity index (χ2v) is 5.44. The summed E-state index contributed by atoms with van der Waals surface area (Å²) in [5.41, 5.74) is 4.02. The molecule has 0 saturated carbocycles. The van der Waals surface area contributed by atoms with Gasteiger partial charge < -0.3 is 5.32 Å². The molecule has 0 amide bonds. The van der Waals surface area contributed by atoms with Crippen LogP contribution in [0.5, 0.6) is 0 Å². The summed E-state index contributed by atoms with van der Waals surface area (Å²) in [5.74, 6) is 1.12. The van der Waals surface area contributed by atoms with Gasteiger partial charge in [0.05, 0.1) is 11.0 Å². The van der Waals surface area contributed by atoms with E-state index in [1.54, 1.807) is 6.07 Å². The van der Waals surface area contributed by atoms with Crippen molar-refractivity contribution < 1.29 is 4.39 Å². The highest BCUT2D eigenvalue weighted by Gasteiger charge is 2.13. The summed E-state index contributed by atoms with van der Waals surface area (Å²) in [5, 5.41) is 11.6. The van der Waals surface area contributed by atoms with E-state index < -0.39 is 0 Å². The molecule has 0 fully saturated rings. The molecular formula is C17H14FN5. The van der Waals surface area contributed by atoms with E-state index in [9.17, 15) is 4.39 Å². The topological polar surface area (TPSA) is 55.1 Å². The van der Waals surface area contributed by atoms with Gasteiger partial charge in [-0.15, -0.1) is 10.2 Å². The first kappa shape index (κ1) is 13.6. The molecule has 23 heavy (non-hydrogen) atoms. The Balaban J connectivity index is 1.95. The van der Waals surface area contributed by atoms with E-state index in [0.717, 1.165) is 28.1 Å². The van der Waals surface area contributed by atoms with Crippen molar-refractivity contribution in [3.63, 3.8) is 0 Å². The molecule has 2 aromatic heterocycles. The van der Waals surface area contributed by atoms with Crippen molar-refractivity contribution >= 4 is 28.2 Å². The van der Waals surface area contributed by atoms with Crippen LogP contribution < -0.4 is 5.32 Å². The van der Waals surface area contributed by atoms with Crippen LogP contribution in [0, 0.1) is 19.7 Å². The Morgan fingerprint density at radius 2 is 1.87 bits per heavy atom. The minimum absolute atomic E-state index is 0.261. The maximum Gasteiger partial charge on any atom is 0.204 e. The lowest BCUT2D eigenvalue weighted by atomic mass is 10.2. The van der Waals surface area contributed by atoms with Crippen molar-refractivity contribution in [3.05, 3.63) is 59.7 Å². The number of hydrogen-bond acceptors (Lipinski definition) is 4. The predicted octanol–water partition coefficient (Wildman–Crippen LogP) is 3.78. The van der Waals surface area contributed by atoms with Crippen LogP contribution in [0.25, 0.3) is 16.7 Å². The van der Waals surface area contributed by atoms with Crippen molar-refractivity contribution in [1.82, 2.24) is 19.6 Å². The van der Waals surface area contributed by atoms with Crippen LogP contribution in [0.1, 0.15) is 11.4 Å². The minimum atomic E-state index is -0.261. The summed E-state index contributed by atoms with van der Waals surface area (Å²) in [6, 6.07) is 12.4. The van der Waals surface area contributed by atoms with Crippen molar-refractivity contribution in [3.8, 4) is 0 Å². The van der Waals surface area contributed by atoms with Gasteiger partial charge in [-0.2, -0.15) is 0 Å². The van der Waals surface area contributed by atoms with E-state index in [1.165, 1.54) is 12.1 Å². The number of para-hydroxylation sites is 2. The van der Waals surface area contributed by atoms with Crippen molar-refractivity contribution in [2.45, 2.75) is 13.8 Å². The van der Waals surface area contributed by atoms with Crippen molar-refractivity contribution in [2.75, 3.05) is 5.32 Å². The zero-order chi connectivity index (χ0) is 16.0. The number of benzene rings is 2. The number of rotatable bonds is 2. The molecule has 0 atom stereocenters. The Morgan fingerprint density at radius 1 is 1.04 bits per heavy atom. The third-order valence-electron chi connectivity index (χ3n) is 3.83. The number of halogens is 1. The van der Waals surface area contributed by atoms with Crippen molar-refractivity contribution in [1.29, 1.82) is 0 Å². The van der Waals surface area contributed by atoms with Gasteiger partial charge in [-0.05, 0) is 49.7 Å². The van der Waals surface area contributed by atoms with Crippen LogP contribution in [0.4, 0.5) is 15.9 Å². The van der Waals surface area contributed by atoms with Gasteiger partial charge in [0.15, 0.2) is 5.82 Å². The Hall–Kier alpha value is -3.02. The second kappa shape index (κ2) is 5.01. The molecule has 6 heteroatoms. The minimum Gasteiger partial charge on any atom is -0.337 e. The largest absolute Gasteiger partial charge is 0.337 e. The molecule has 114 valence electrons. The number of nitrogens with zero attached hydrogens (tertiary/aromatic N) is 4. The van der Waals surface area contributed by atoms with E-state index in [0.29, 0.717) is 11.5 Å². The highest BCUT2D eigenvalue weighted by Crippen LogP contribution is 2.26. The van der Waals surface area contributed by atoms with Gasteiger partial charge in [0, 0.05) is 5.69 Å². The Labute approximate surface area is 131 Å². The molecule has 2 aromatic carbocycles. The summed E-state index contributed by atoms with van der Waals surface area (Å²) in [4.78, 5) is 4.65. The SMILES string of the molecule is Cc1cc(F)ccc1Nc1nc2ccccc2n2c(C)nnc12.